The van der Waals surface area contributed by atoms with Crippen molar-refractivity contribution in [1.29, 1.82) is 0 Å². The zero-order valence-electron chi connectivity index (χ0n) is 8.82. The summed E-state index contributed by atoms with van der Waals surface area (Å²) in [6.45, 7) is 2.33. The van der Waals surface area contributed by atoms with Crippen LogP contribution in [0.3, 0.4) is 0 Å². The van der Waals surface area contributed by atoms with Gasteiger partial charge in [0, 0.05) is 6.54 Å². The molecular weight excluding hydrogens is 206 g/mol. The van der Waals surface area contributed by atoms with Crippen LogP contribution in [0.1, 0.15) is 11.3 Å². The molecule has 1 aromatic rings. The fourth-order valence-electron chi connectivity index (χ4n) is 2.64. The van der Waals surface area contributed by atoms with Gasteiger partial charge in [0.15, 0.2) is 0 Å². The third-order valence-corrected chi connectivity index (χ3v) is 4.40. The average Bonchev–Trinajstić information content (AvgIpc) is 2.91. The Morgan fingerprint density at radius 3 is 3.20 bits per heavy atom. The number of methoxy groups -OCH3 is 1. The highest BCUT2D eigenvalue weighted by molar-refractivity contribution is 7.11. The van der Waals surface area contributed by atoms with Gasteiger partial charge in [0.05, 0.1) is 12.0 Å². The lowest BCUT2D eigenvalue weighted by atomic mass is 10.00. The average molecular weight is 221 g/mol. The molecule has 1 saturated heterocycles. The Labute approximate surface area is 94.0 Å². The Morgan fingerprint density at radius 2 is 2.40 bits per heavy atom. The summed E-state index contributed by atoms with van der Waals surface area (Å²) in [4.78, 5) is 1.34. The number of thiophene rings is 1. The highest BCUT2D eigenvalue weighted by Crippen LogP contribution is 2.43. The standard InChI is InChI=1S/C12H15NOS/c1-14-11-2-3-15-12(11)8-4-9-6-13-7-10(9)5-8/h2-4,9-10,13H,5-7H2,1H3. The lowest BCUT2D eigenvalue weighted by molar-refractivity contribution is 0.415. The highest BCUT2D eigenvalue weighted by atomic mass is 32.1. The molecule has 2 aliphatic rings. The molecular formula is C12H15NOS. The van der Waals surface area contributed by atoms with Crippen LogP contribution in [-0.4, -0.2) is 20.2 Å². The van der Waals surface area contributed by atoms with Gasteiger partial charge >= 0.3 is 0 Å². The Balaban J connectivity index is 1.89. The molecule has 1 aliphatic carbocycles. The topological polar surface area (TPSA) is 21.3 Å². The summed E-state index contributed by atoms with van der Waals surface area (Å²) in [6, 6.07) is 2.06. The van der Waals surface area contributed by atoms with Gasteiger partial charge in [-0.3, -0.25) is 0 Å². The molecule has 0 aromatic carbocycles. The second-order valence-corrected chi connectivity index (χ2v) is 5.21. The minimum Gasteiger partial charge on any atom is -0.495 e. The molecule has 0 amide bonds. The molecule has 1 fully saturated rings. The van der Waals surface area contributed by atoms with Gasteiger partial charge in [-0.15, -0.1) is 11.3 Å². The van der Waals surface area contributed by atoms with E-state index in [0.717, 1.165) is 24.1 Å². The van der Waals surface area contributed by atoms with Crippen molar-refractivity contribution in [2.24, 2.45) is 11.8 Å². The van der Waals surface area contributed by atoms with Gasteiger partial charge in [0.25, 0.3) is 0 Å². The predicted molar refractivity (Wildman–Crippen MR) is 63.3 cm³/mol. The van der Waals surface area contributed by atoms with Crippen molar-refractivity contribution in [3.05, 3.63) is 22.4 Å². The van der Waals surface area contributed by atoms with Crippen LogP contribution >= 0.6 is 11.3 Å². The monoisotopic (exact) mass is 221 g/mol. The van der Waals surface area contributed by atoms with E-state index in [0.29, 0.717) is 0 Å². The van der Waals surface area contributed by atoms with Crippen LogP contribution in [0.5, 0.6) is 5.75 Å². The zero-order valence-corrected chi connectivity index (χ0v) is 9.64. The van der Waals surface area contributed by atoms with E-state index in [4.69, 9.17) is 4.74 Å². The Morgan fingerprint density at radius 1 is 1.47 bits per heavy atom. The van der Waals surface area contributed by atoms with E-state index in [-0.39, 0.29) is 0 Å². The van der Waals surface area contributed by atoms with Crippen LogP contribution < -0.4 is 10.1 Å². The Kier molecular flexibility index (Phi) is 2.29. The number of allylic oxidation sites excluding steroid dienone is 1. The quantitative estimate of drug-likeness (QED) is 0.828. The first-order chi connectivity index (χ1) is 7.38. The lowest BCUT2D eigenvalue weighted by Crippen LogP contribution is -2.09. The summed E-state index contributed by atoms with van der Waals surface area (Å²) in [5, 5.41) is 5.56. The van der Waals surface area contributed by atoms with Crippen molar-refractivity contribution in [2.75, 3.05) is 20.2 Å². The third-order valence-electron chi connectivity index (χ3n) is 3.43. The molecule has 15 heavy (non-hydrogen) atoms. The van der Waals surface area contributed by atoms with Gasteiger partial charge < -0.3 is 10.1 Å². The SMILES string of the molecule is COc1ccsc1C1=CC2CNCC2C1. The highest BCUT2D eigenvalue weighted by Gasteiger charge is 2.32. The van der Waals surface area contributed by atoms with Gasteiger partial charge in [0.2, 0.25) is 0 Å². The second kappa shape index (κ2) is 3.65. The molecule has 3 heteroatoms. The number of hydrogen-bond donors (Lipinski definition) is 1. The molecule has 1 N–H and O–H groups in total. The third kappa shape index (κ3) is 1.50. The lowest BCUT2D eigenvalue weighted by Gasteiger charge is -2.06. The van der Waals surface area contributed by atoms with Crippen LogP contribution in [0.25, 0.3) is 5.57 Å². The van der Waals surface area contributed by atoms with Crippen LogP contribution in [0.15, 0.2) is 17.5 Å². The van der Waals surface area contributed by atoms with E-state index in [1.54, 1.807) is 18.4 Å². The fraction of sp³-hybridized carbons (Fsp3) is 0.500. The van der Waals surface area contributed by atoms with Crippen LogP contribution in [0.2, 0.25) is 0 Å². The van der Waals surface area contributed by atoms with Gasteiger partial charge in [-0.1, -0.05) is 6.08 Å². The molecule has 2 heterocycles. The van der Waals surface area contributed by atoms with Gasteiger partial charge in [0.1, 0.15) is 5.75 Å². The maximum absolute atomic E-state index is 5.37. The van der Waals surface area contributed by atoms with Crippen LogP contribution in [0.4, 0.5) is 0 Å². The molecule has 80 valence electrons. The molecule has 3 rings (SSSR count). The fourth-order valence-corrected chi connectivity index (χ4v) is 3.54. The first-order valence-electron chi connectivity index (χ1n) is 5.41. The Bertz CT molecular complexity index is 396. The smallest absolute Gasteiger partial charge is 0.137 e. The summed E-state index contributed by atoms with van der Waals surface area (Å²) in [5.74, 6) is 2.62. The second-order valence-electron chi connectivity index (χ2n) is 4.30. The van der Waals surface area contributed by atoms with Crippen molar-refractivity contribution in [1.82, 2.24) is 5.32 Å². The summed E-state index contributed by atoms with van der Waals surface area (Å²) in [5.41, 5.74) is 1.50. The van der Waals surface area contributed by atoms with Crippen LogP contribution in [0, 0.1) is 11.8 Å². The number of rotatable bonds is 2. The molecule has 2 nitrogen and oxygen atoms in total. The normalized spacial score (nSPS) is 29.0. The largest absolute Gasteiger partial charge is 0.495 e. The van der Waals surface area contributed by atoms with E-state index < -0.39 is 0 Å². The van der Waals surface area contributed by atoms with Crippen molar-refractivity contribution >= 4 is 16.9 Å². The number of ether oxygens (including phenoxy) is 1. The van der Waals surface area contributed by atoms with E-state index in [1.807, 2.05) is 0 Å². The summed E-state index contributed by atoms with van der Waals surface area (Å²) >= 11 is 1.80. The number of fused-ring (bicyclic) bond motifs is 1. The van der Waals surface area contributed by atoms with Crippen molar-refractivity contribution in [3.63, 3.8) is 0 Å². The molecule has 1 aliphatic heterocycles. The summed E-state index contributed by atoms with van der Waals surface area (Å²) in [7, 11) is 1.75. The zero-order chi connectivity index (χ0) is 10.3. The van der Waals surface area contributed by atoms with Gasteiger partial charge in [-0.25, -0.2) is 0 Å². The number of hydrogen-bond acceptors (Lipinski definition) is 3. The summed E-state index contributed by atoms with van der Waals surface area (Å²) in [6.07, 6.45) is 3.66. The molecule has 2 atom stereocenters. The van der Waals surface area contributed by atoms with E-state index >= 15 is 0 Å². The number of nitrogens with one attached hydrogen (secondary N) is 1. The first kappa shape index (κ1) is 9.43. The summed E-state index contributed by atoms with van der Waals surface area (Å²) < 4.78 is 5.37. The maximum atomic E-state index is 5.37. The van der Waals surface area contributed by atoms with Crippen molar-refractivity contribution in [3.8, 4) is 5.75 Å². The molecule has 0 bridgehead atoms. The van der Waals surface area contributed by atoms with E-state index in [1.165, 1.54) is 23.4 Å². The minimum atomic E-state index is 0.756. The minimum absolute atomic E-state index is 0.756. The van der Waals surface area contributed by atoms with E-state index in [2.05, 4.69) is 22.8 Å². The van der Waals surface area contributed by atoms with Gasteiger partial charge in [-0.2, -0.15) is 0 Å². The van der Waals surface area contributed by atoms with Crippen molar-refractivity contribution in [2.45, 2.75) is 6.42 Å². The van der Waals surface area contributed by atoms with Gasteiger partial charge in [-0.05, 0) is 41.8 Å². The van der Waals surface area contributed by atoms with Crippen LogP contribution in [-0.2, 0) is 0 Å². The first-order valence-corrected chi connectivity index (χ1v) is 6.29. The van der Waals surface area contributed by atoms with E-state index in [9.17, 15) is 0 Å². The molecule has 1 aromatic heterocycles. The Hall–Kier alpha value is -0.800. The molecule has 0 saturated carbocycles. The maximum Gasteiger partial charge on any atom is 0.137 e. The molecule has 0 spiro atoms. The predicted octanol–water partition coefficient (Wildman–Crippen LogP) is 2.38. The van der Waals surface area contributed by atoms with Crippen molar-refractivity contribution < 1.29 is 4.74 Å². The molecule has 2 unspecified atom stereocenters. The molecule has 0 radical (unpaired) electrons.